The standard InChI is InChI=1S/Fe.Mn.Ni.2H3O4P/c;;;2*1-5(2,3)4/h;;;2*(H3,1,2,3,4)/q3*+2;;/p-6. The Hall–Kier alpha value is 1.75. The summed E-state index contributed by atoms with van der Waals surface area (Å²) in [6.45, 7) is 0. The van der Waals surface area contributed by atoms with Crippen LogP contribution in [0.1, 0.15) is 0 Å². The molecular weight excluding hydrogens is 359 g/mol. The summed E-state index contributed by atoms with van der Waals surface area (Å²) in [5, 5.41) is 0. The summed E-state index contributed by atoms with van der Waals surface area (Å²) in [6.07, 6.45) is 0. The van der Waals surface area contributed by atoms with E-state index >= 15 is 0 Å². The van der Waals surface area contributed by atoms with E-state index in [1.165, 1.54) is 0 Å². The van der Waals surface area contributed by atoms with Crippen LogP contribution in [-0.2, 0) is 59.8 Å². The number of hydrogen-bond donors (Lipinski definition) is 0. The summed E-state index contributed by atoms with van der Waals surface area (Å²) in [4.78, 5) is 51.3. The SMILES string of the molecule is O=P([O-])([O-])[O-].O=P([O-])([O-])[O-].[Fe+2].[Mn+2].[Ni+2]. The van der Waals surface area contributed by atoms with Gasteiger partial charge in [-0.25, -0.2) is 0 Å². The Kier molecular flexibility index (Phi) is 26.7. The van der Waals surface area contributed by atoms with Crippen molar-refractivity contribution in [1.82, 2.24) is 0 Å². The minimum absolute atomic E-state index is 0. The van der Waals surface area contributed by atoms with E-state index in [-0.39, 0.29) is 50.6 Å². The van der Waals surface area contributed by atoms with E-state index in [0.717, 1.165) is 0 Å². The van der Waals surface area contributed by atoms with E-state index in [1.807, 2.05) is 0 Å². The van der Waals surface area contributed by atoms with E-state index in [1.54, 1.807) is 0 Å². The summed E-state index contributed by atoms with van der Waals surface area (Å²) in [5.74, 6) is 0. The maximum atomic E-state index is 8.55. The maximum Gasteiger partial charge on any atom is 2.00 e. The zero-order chi connectivity index (χ0) is 9.00. The topological polar surface area (TPSA) is 172 Å². The van der Waals surface area contributed by atoms with Crippen molar-refractivity contribution in [1.29, 1.82) is 0 Å². The van der Waals surface area contributed by atoms with Gasteiger partial charge in [0.05, 0.1) is 0 Å². The normalized spacial score (nSPS) is 9.08. The molecule has 0 saturated carbocycles. The molecule has 0 spiro atoms. The van der Waals surface area contributed by atoms with Crippen molar-refractivity contribution in [3.05, 3.63) is 0 Å². The fourth-order valence-corrected chi connectivity index (χ4v) is 0. The second-order valence-corrected chi connectivity index (χ2v) is 2.68. The van der Waals surface area contributed by atoms with Gasteiger partial charge in [0.2, 0.25) is 0 Å². The minimum Gasteiger partial charge on any atom is -0.822 e. The van der Waals surface area contributed by atoms with Crippen LogP contribution in [0.2, 0.25) is 0 Å². The van der Waals surface area contributed by atoms with Crippen LogP contribution >= 0.6 is 15.6 Å². The molecule has 0 rings (SSSR count). The molecule has 1 radical (unpaired) electrons. The largest absolute Gasteiger partial charge is 2.00 e. The average Bonchev–Trinajstić information content (AvgIpc) is 1.12. The number of hydrogen-bond acceptors (Lipinski definition) is 8. The molecule has 0 aromatic heterocycles. The van der Waals surface area contributed by atoms with E-state index in [9.17, 15) is 0 Å². The van der Waals surface area contributed by atoms with Crippen molar-refractivity contribution in [3.8, 4) is 0 Å². The second kappa shape index (κ2) is 11.8. The van der Waals surface area contributed by atoms with Crippen LogP contribution in [0.3, 0.4) is 0 Å². The number of rotatable bonds is 0. The van der Waals surface area contributed by atoms with Crippen LogP contribution in [0, 0.1) is 0 Å². The molecule has 0 saturated heterocycles. The predicted molar refractivity (Wildman–Crippen MR) is 15.2 cm³/mol. The molecule has 0 aliphatic carbocycles. The Morgan fingerprint density at radius 3 is 0.692 bits per heavy atom. The first-order chi connectivity index (χ1) is 4.00. The molecule has 0 aliphatic rings. The molecule has 0 fully saturated rings. The van der Waals surface area contributed by atoms with E-state index in [4.69, 9.17) is 38.5 Å². The van der Waals surface area contributed by atoms with Gasteiger partial charge in [0.15, 0.2) is 0 Å². The Labute approximate surface area is 104 Å². The zero-order valence-corrected chi connectivity index (χ0v) is 10.3. The molecule has 13 heteroatoms. The first-order valence-electron chi connectivity index (χ1n) is 1.46. The van der Waals surface area contributed by atoms with Crippen LogP contribution in [0.25, 0.3) is 0 Å². The molecule has 13 heavy (non-hydrogen) atoms. The Morgan fingerprint density at radius 2 is 0.692 bits per heavy atom. The van der Waals surface area contributed by atoms with Crippen LogP contribution in [0.4, 0.5) is 0 Å². The molecule has 0 aromatic rings. The van der Waals surface area contributed by atoms with Gasteiger partial charge in [-0.2, -0.15) is 15.6 Å². The van der Waals surface area contributed by atoms with Gasteiger partial charge in [-0.15, -0.1) is 0 Å². The van der Waals surface area contributed by atoms with Gasteiger partial charge in [-0.05, 0) is 0 Å². The summed E-state index contributed by atoms with van der Waals surface area (Å²) in [6, 6.07) is 0. The summed E-state index contributed by atoms with van der Waals surface area (Å²) in [5.41, 5.74) is 0. The van der Waals surface area contributed by atoms with E-state index in [0.29, 0.717) is 0 Å². The monoisotopic (exact) mass is 359 g/mol. The van der Waals surface area contributed by atoms with Gasteiger partial charge in [0, 0.05) is 0 Å². The Bertz CT molecular complexity index is 134. The molecule has 8 nitrogen and oxygen atoms in total. The molecule has 0 aliphatic heterocycles. The fraction of sp³-hybridized carbons (Fsp3) is 0. The van der Waals surface area contributed by atoms with Gasteiger partial charge >= 0.3 is 50.6 Å². The molecule has 0 atom stereocenters. The van der Waals surface area contributed by atoms with Gasteiger partial charge in [-0.1, -0.05) is 0 Å². The molecule has 0 unspecified atom stereocenters. The van der Waals surface area contributed by atoms with Gasteiger partial charge < -0.3 is 38.5 Å². The van der Waals surface area contributed by atoms with Gasteiger partial charge in [-0.3, -0.25) is 0 Å². The van der Waals surface area contributed by atoms with Crippen molar-refractivity contribution in [2.24, 2.45) is 0 Å². The molecule has 0 heterocycles. The maximum absolute atomic E-state index is 8.55. The first-order valence-corrected chi connectivity index (χ1v) is 4.38. The zero-order valence-electron chi connectivity index (χ0n) is 5.21. The van der Waals surface area contributed by atoms with Crippen molar-refractivity contribution < 1.29 is 89.1 Å². The molecule has 0 bridgehead atoms. The van der Waals surface area contributed by atoms with Crippen molar-refractivity contribution >= 4 is 15.6 Å². The quantitative estimate of drug-likeness (QED) is 0.304. The van der Waals surface area contributed by atoms with Crippen molar-refractivity contribution in [3.63, 3.8) is 0 Å². The third kappa shape index (κ3) is 618. The molecule has 0 aromatic carbocycles. The molecule has 83 valence electrons. The molecule has 0 amide bonds. The summed E-state index contributed by atoms with van der Waals surface area (Å²) in [7, 11) is -10.8. The second-order valence-electron chi connectivity index (χ2n) is 0.894. The van der Waals surface area contributed by atoms with Crippen molar-refractivity contribution in [2.45, 2.75) is 0 Å². The summed E-state index contributed by atoms with van der Waals surface area (Å²) >= 11 is 0. The third-order valence-electron chi connectivity index (χ3n) is 0. The van der Waals surface area contributed by atoms with Crippen molar-refractivity contribution in [2.75, 3.05) is 0 Å². The van der Waals surface area contributed by atoms with Crippen LogP contribution in [0.5, 0.6) is 0 Å². The molecular formula is FeMnNiO8P2. The smallest absolute Gasteiger partial charge is 0.822 e. The van der Waals surface area contributed by atoms with E-state index < -0.39 is 15.6 Å². The first kappa shape index (κ1) is 29.3. The van der Waals surface area contributed by atoms with Crippen LogP contribution in [-0.4, -0.2) is 0 Å². The minimum atomic E-state index is -5.39. The van der Waals surface area contributed by atoms with E-state index in [2.05, 4.69) is 0 Å². The predicted octanol–water partition coefficient (Wildman–Crippen LogP) is -5.66. The number of phosphoric acid groups is 2. The van der Waals surface area contributed by atoms with Gasteiger partial charge in [0.1, 0.15) is 0 Å². The average molecular weight is 359 g/mol. The summed E-state index contributed by atoms with van der Waals surface area (Å²) < 4.78 is 17.1. The third-order valence-corrected chi connectivity index (χ3v) is 0. The van der Waals surface area contributed by atoms with Crippen LogP contribution in [0.15, 0.2) is 0 Å². The van der Waals surface area contributed by atoms with Crippen LogP contribution < -0.4 is 29.4 Å². The Balaban J connectivity index is -0.0000000267. The molecule has 0 N–H and O–H groups in total. The Morgan fingerprint density at radius 1 is 0.692 bits per heavy atom. The van der Waals surface area contributed by atoms with Gasteiger partial charge in [0.25, 0.3) is 0 Å². The fourth-order valence-electron chi connectivity index (χ4n) is 0.